The Morgan fingerprint density at radius 2 is 1.93 bits per heavy atom. The first-order chi connectivity index (χ1) is 13.0. The number of piperazine rings is 1. The van der Waals surface area contributed by atoms with Gasteiger partial charge in [0.25, 0.3) is 0 Å². The van der Waals surface area contributed by atoms with Crippen LogP contribution in [-0.2, 0) is 4.79 Å². The molecule has 0 aromatic heterocycles. The van der Waals surface area contributed by atoms with Crippen LogP contribution in [0, 0.1) is 5.82 Å². The van der Waals surface area contributed by atoms with E-state index in [9.17, 15) is 9.18 Å². The Balaban J connectivity index is 1.49. The van der Waals surface area contributed by atoms with E-state index in [1.807, 2.05) is 4.90 Å². The average molecular weight is 378 g/mol. The van der Waals surface area contributed by atoms with Crippen LogP contribution in [0.3, 0.4) is 0 Å². The van der Waals surface area contributed by atoms with Gasteiger partial charge in [-0.05, 0) is 57.5 Å². The first kappa shape index (κ1) is 20.1. The van der Waals surface area contributed by atoms with E-state index in [2.05, 4.69) is 23.8 Å². The molecule has 3 rings (SSSR count). The monoisotopic (exact) mass is 377 g/mol. The number of likely N-dealkylation sites (tertiary alicyclic amines) is 1. The highest BCUT2D eigenvalue weighted by Crippen LogP contribution is 2.32. The molecule has 2 heterocycles. The number of nitrogens with zero attached hydrogens (tertiary/aromatic N) is 3. The standard InChI is InChI=1S/C21H32FN3O2/c1-3-25-13-11-21(10-9-20(25)26)17-24(15-14-23(21)2)12-4-16-27-19-7-5-18(22)6-8-19/h5-8H,3-4,9-17H2,1-2H3/t21-/m0/s1. The fourth-order valence-corrected chi connectivity index (χ4v) is 4.31. The molecule has 0 saturated carbocycles. The largest absolute Gasteiger partial charge is 0.494 e. The van der Waals surface area contributed by atoms with Gasteiger partial charge in [0.2, 0.25) is 5.91 Å². The number of benzene rings is 1. The molecule has 0 bridgehead atoms. The molecule has 2 fully saturated rings. The molecule has 6 heteroatoms. The zero-order valence-corrected chi connectivity index (χ0v) is 16.6. The van der Waals surface area contributed by atoms with Crippen LogP contribution >= 0.6 is 0 Å². The Hall–Kier alpha value is -1.66. The maximum atomic E-state index is 12.9. The number of carbonyl (C=O) groups is 1. The van der Waals surface area contributed by atoms with E-state index in [-0.39, 0.29) is 11.4 Å². The number of ether oxygens (including phenoxy) is 1. The van der Waals surface area contributed by atoms with Gasteiger partial charge in [0.05, 0.1) is 6.61 Å². The van der Waals surface area contributed by atoms with Crippen LogP contribution in [0.4, 0.5) is 4.39 Å². The number of carbonyl (C=O) groups excluding carboxylic acids is 1. The van der Waals surface area contributed by atoms with Gasteiger partial charge in [-0.25, -0.2) is 4.39 Å². The summed E-state index contributed by atoms with van der Waals surface area (Å²) >= 11 is 0. The van der Waals surface area contributed by atoms with Crippen molar-refractivity contribution in [2.75, 3.05) is 52.9 Å². The van der Waals surface area contributed by atoms with Gasteiger partial charge in [-0.2, -0.15) is 0 Å². The second kappa shape index (κ2) is 9.02. The van der Waals surface area contributed by atoms with Crippen LogP contribution in [0.5, 0.6) is 5.75 Å². The molecule has 0 unspecified atom stereocenters. The Morgan fingerprint density at radius 3 is 2.67 bits per heavy atom. The van der Waals surface area contributed by atoms with E-state index < -0.39 is 0 Å². The molecule has 2 aliphatic heterocycles. The highest BCUT2D eigenvalue weighted by Gasteiger charge is 2.41. The fraction of sp³-hybridized carbons (Fsp3) is 0.667. The van der Waals surface area contributed by atoms with Crippen molar-refractivity contribution in [2.24, 2.45) is 0 Å². The maximum Gasteiger partial charge on any atom is 0.222 e. The second-order valence-corrected chi connectivity index (χ2v) is 7.80. The summed E-state index contributed by atoms with van der Waals surface area (Å²) in [6, 6.07) is 6.18. The molecule has 5 nitrogen and oxygen atoms in total. The number of halogens is 1. The number of hydrogen-bond acceptors (Lipinski definition) is 4. The summed E-state index contributed by atoms with van der Waals surface area (Å²) in [5.41, 5.74) is 0.107. The van der Waals surface area contributed by atoms with Gasteiger partial charge in [-0.1, -0.05) is 0 Å². The molecule has 0 N–H and O–H groups in total. The zero-order chi connectivity index (χ0) is 19.3. The van der Waals surface area contributed by atoms with Gasteiger partial charge in [0.15, 0.2) is 0 Å². The van der Waals surface area contributed by atoms with Crippen molar-refractivity contribution in [3.63, 3.8) is 0 Å². The fourth-order valence-electron chi connectivity index (χ4n) is 4.31. The number of likely N-dealkylation sites (N-methyl/N-ethyl adjacent to an activating group) is 1. The minimum atomic E-state index is -0.242. The van der Waals surface area contributed by atoms with Crippen LogP contribution < -0.4 is 4.74 Å². The van der Waals surface area contributed by atoms with Crippen molar-refractivity contribution in [2.45, 2.75) is 38.1 Å². The van der Waals surface area contributed by atoms with E-state index in [0.29, 0.717) is 24.7 Å². The lowest BCUT2D eigenvalue weighted by Gasteiger charge is -2.49. The Bertz CT molecular complexity index is 624. The molecule has 27 heavy (non-hydrogen) atoms. The molecular formula is C21H32FN3O2. The molecule has 150 valence electrons. The van der Waals surface area contributed by atoms with Crippen LogP contribution in [0.2, 0.25) is 0 Å². The van der Waals surface area contributed by atoms with Crippen molar-refractivity contribution < 1.29 is 13.9 Å². The van der Waals surface area contributed by atoms with Crippen molar-refractivity contribution in [3.05, 3.63) is 30.1 Å². The average Bonchev–Trinajstić information content (AvgIpc) is 2.83. The lowest BCUT2D eigenvalue weighted by Crippen LogP contribution is -2.61. The zero-order valence-electron chi connectivity index (χ0n) is 16.6. The number of rotatable bonds is 6. The molecule has 2 aliphatic rings. The highest BCUT2D eigenvalue weighted by molar-refractivity contribution is 5.76. The van der Waals surface area contributed by atoms with Gasteiger partial charge in [0, 0.05) is 51.2 Å². The first-order valence-corrected chi connectivity index (χ1v) is 10.1. The van der Waals surface area contributed by atoms with Crippen LogP contribution in [-0.4, -0.2) is 79.1 Å². The van der Waals surface area contributed by atoms with E-state index in [0.717, 1.165) is 58.5 Å². The third-order valence-corrected chi connectivity index (χ3v) is 6.17. The van der Waals surface area contributed by atoms with Crippen molar-refractivity contribution in [1.29, 1.82) is 0 Å². The molecular weight excluding hydrogens is 345 g/mol. The van der Waals surface area contributed by atoms with E-state index in [1.54, 1.807) is 12.1 Å². The smallest absolute Gasteiger partial charge is 0.222 e. The normalized spacial score (nSPS) is 25.0. The summed E-state index contributed by atoms with van der Waals surface area (Å²) in [5.74, 6) is 0.773. The first-order valence-electron chi connectivity index (χ1n) is 10.1. The van der Waals surface area contributed by atoms with Crippen LogP contribution in [0.15, 0.2) is 24.3 Å². The summed E-state index contributed by atoms with van der Waals surface area (Å²) in [6.07, 6.45) is 3.59. The molecule has 1 atom stereocenters. The van der Waals surface area contributed by atoms with E-state index >= 15 is 0 Å². The minimum absolute atomic E-state index is 0.107. The Labute approximate surface area is 162 Å². The highest BCUT2D eigenvalue weighted by atomic mass is 19.1. The van der Waals surface area contributed by atoms with Gasteiger partial charge < -0.3 is 14.5 Å². The summed E-state index contributed by atoms with van der Waals surface area (Å²) in [4.78, 5) is 19.3. The molecule has 1 amide bonds. The quantitative estimate of drug-likeness (QED) is 0.714. The molecule has 0 aliphatic carbocycles. The molecule has 1 spiro atoms. The lowest BCUT2D eigenvalue weighted by molar-refractivity contribution is -0.130. The van der Waals surface area contributed by atoms with E-state index in [4.69, 9.17) is 4.74 Å². The lowest BCUT2D eigenvalue weighted by atomic mass is 9.86. The van der Waals surface area contributed by atoms with Gasteiger partial charge in [0.1, 0.15) is 11.6 Å². The molecule has 1 aromatic rings. The summed E-state index contributed by atoms with van der Waals surface area (Å²) in [7, 11) is 2.21. The van der Waals surface area contributed by atoms with Gasteiger partial charge in [-0.3, -0.25) is 9.69 Å². The summed E-state index contributed by atoms with van der Waals surface area (Å²) < 4.78 is 18.7. The van der Waals surface area contributed by atoms with E-state index in [1.165, 1.54) is 12.1 Å². The van der Waals surface area contributed by atoms with Crippen molar-refractivity contribution >= 4 is 5.91 Å². The van der Waals surface area contributed by atoms with Crippen LogP contribution in [0.25, 0.3) is 0 Å². The van der Waals surface area contributed by atoms with Crippen LogP contribution in [0.1, 0.15) is 32.6 Å². The number of amides is 1. The van der Waals surface area contributed by atoms with Gasteiger partial charge in [-0.15, -0.1) is 0 Å². The predicted octanol–water partition coefficient (Wildman–Crippen LogP) is 2.61. The summed E-state index contributed by atoms with van der Waals surface area (Å²) in [6.45, 7) is 8.47. The number of hydrogen-bond donors (Lipinski definition) is 0. The van der Waals surface area contributed by atoms with Gasteiger partial charge >= 0.3 is 0 Å². The van der Waals surface area contributed by atoms with Crippen molar-refractivity contribution in [1.82, 2.24) is 14.7 Å². The SMILES string of the molecule is CCN1CC[C@@]2(CCC1=O)CN(CCCOc1ccc(F)cc1)CCN2C. The second-order valence-electron chi connectivity index (χ2n) is 7.80. The maximum absolute atomic E-state index is 12.9. The third-order valence-electron chi connectivity index (χ3n) is 6.17. The minimum Gasteiger partial charge on any atom is -0.494 e. The molecule has 2 saturated heterocycles. The third kappa shape index (κ3) is 4.99. The molecule has 0 radical (unpaired) electrons. The Kier molecular flexibility index (Phi) is 6.71. The predicted molar refractivity (Wildman–Crippen MR) is 104 cm³/mol. The molecule has 1 aromatic carbocycles. The Morgan fingerprint density at radius 1 is 1.15 bits per heavy atom. The summed E-state index contributed by atoms with van der Waals surface area (Å²) in [5, 5.41) is 0. The topological polar surface area (TPSA) is 36.0 Å². The van der Waals surface area contributed by atoms with Crippen molar-refractivity contribution in [3.8, 4) is 5.75 Å².